The lowest BCUT2D eigenvalue weighted by Crippen LogP contribution is -2.24. The van der Waals surface area contributed by atoms with Crippen LogP contribution in [-0.2, 0) is 11.3 Å². The lowest BCUT2D eigenvalue weighted by Gasteiger charge is -2.09. The summed E-state index contributed by atoms with van der Waals surface area (Å²) in [6.07, 6.45) is 2.08. The summed E-state index contributed by atoms with van der Waals surface area (Å²) in [5.41, 5.74) is 1.92. The van der Waals surface area contributed by atoms with Gasteiger partial charge in [0, 0.05) is 37.5 Å². The summed E-state index contributed by atoms with van der Waals surface area (Å²) >= 11 is 0. The van der Waals surface area contributed by atoms with Crippen LogP contribution in [0.3, 0.4) is 0 Å². The summed E-state index contributed by atoms with van der Waals surface area (Å²) < 4.78 is 10.4. The molecular formula is C18H23N3O3. The molecule has 128 valence electrons. The number of ether oxygens (including phenoxy) is 2. The minimum Gasteiger partial charge on any atom is -0.497 e. The van der Waals surface area contributed by atoms with Gasteiger partial charge in [-0.2, -0.15) is 0 Å². The highest BCUT2D eigenvalue weighted by Gasteiger charge is 2.03. The number of nitrogens with one attached hydrogen (secondary N) is 2. The predicted octanol–water partition coefficient (Wildman–Crippen LogP) is 2.61. The first kappa shape index (κ1) is 17.6. The van der Waals surface area contributed by atoms with E-state index in [0.717, 1.165) is 17.0 Å². The zero-order valence-electron chi connectivity index (χ0n) is 14.0. The third-order valence-corrected chi connectivity index (χ3v) is 3.35. The fraction of sp³-hybridized carbons (Fsp3) is 0.333. The van der Waals surface area contributed by atoms with Crippen LogP contribution in [0.4, 0.5) is 5.69 Å². The first-order valence-corrected chi connectivity index (χ1v) is 7.93. The average molecular weight is 329 g/mol. The van der Waals surface area contributed by atoms with Crippen LogP contribution in [0.25, 0.3) is 0 Å². The number of carbonyl (C=O) groups excluding carboxylic acids is 1. The summed E-state index contributed by atoms with van der Waals surface area (Å²) in [5.74, 6) is 1.37. The van der Waals surface area contributed by atoms with Gasteiger partial charge in [0.2, 0.25) is 11.8 Å². The van der Waals surface area contributed by atoms with Crippen molar-refractivity contribution in [2.75, 3.05) is 25.6 Å². The molecule has 0 fully saturated rings. The van der Waals surface area contributed by atoms with Crippen molar-refractivity contribution < 1.29 is 14.3 Å². The van der Waals surface area contributed by atoms with E-state index < -0.39 is 0 Å². The minimum atomic E-state index is -0.00853. The molecule has 1 aromatic carbocycles. The Morgan fingerprint density at radius 2 is 2.00 bits per heavy atom. The molecule has 0 aliphatic rings. The third kappa shape index (κ3) is 5.79. The molecule has 1 aromatic heterocycles. The summed E-state index contributed by atoms with van der Waals surface area (Å²) in [5, 5.41) is 6.10. The van der Waals surface area contributed by atoms with Crippen molar-refractivity contribution in [3.63, 3.8) is 0 Å². The number of carbonyl (C=O) groups is 1. The molecule has 1 heterocycles. The van der Waals surface area contributed by atoms with E-state index in [1.54, 1.807) is 13.3 Å². The van der Waals surface area contributed by atoms with E-state index in [1.165, 1.54) is 0 Å². The van der Waals surface area contributed by atoms with Gasteiger partial charge in [-0.3, -0.25) is 4.79 Å². The monoisotopic (exact) mass is 329 g/mol. The number of hydrogen-bond acceptors (Lipinski definition) is 5. The van der Waals surface area contributed by atoms with Gasteiger partial charge in [0.05, 0.1) is 13.7 Å². The highest BCUT2D eigenvalue weighted by molar-refractivity contribution is 5.76. The van der Waals surface area contributed by atoms with Crippen LogP contribution < -0.4 is 20.1 Å². The van der Waals surface area contributed by atoms with Crippen molar-refractivity contribution in [2.24, 2.45) is 0 Å². The van der Waals surface area contributed by atoms with Gasteiger partial charge in [0.15, 0.2) is 0 Å². The number of amides is 1. The Labute approximate surface area is 142 Å². The molecule has 6 nitrogen and oxygen atoms in total. The standard InChI is InChI=1S/C18H23N3O3/c1-3-24-18-12-14(8-10-20-18)13-21-17(22)9-11-19-15-4-6-16(23-2)7-5-15/h4-8,10,12,19H,3,9,11,13H2,1-2H3,(H,21,22). The summed E-state index contributed by atoms with van der Waals surface area (Å²) in [6.45, 7) is 3.51. The van der Waals surface area contributed by atoms with E-state index in [1.807, 2.05) is 43.3 Å². The van der Waals surface area contributed by atoms with Crippen LogP contribution in [-0.4, -0.2) is 31.2 Å². The van der Waals surface area contributed by atoms with Crippen molar-refractivity contribution in [1.82, 2.24) is 10.3 Å². The van der Waals surface area contributed by atoms with Gasteiger partial charge < -0.3 is 20.1 Å². The lowest BCUT2D eigenvalue weighted by atomic mass is 10.2. The molecule has 24 heavy (non-hydrogen) atoms. The normalized spacial score (nSPS) is 10.1. The van der Waals surface area contributed by atoms with Crippen molar-refractivity contribution >= 4 is 11.6 Å². The molecule has 0 saturated heterocycles. The third-order valence-electron chi connectivity index (χ3n) is 3.35. The minimum absolute atomic E-state index is 0.00853. The second kappa shape index (κ2) is 9.39. The van der Waals surface area contributed by atoms with Crippen LogP contribution in [0.5, 0.6) is 11.6 Å². The number of hydrogen-bond donors (Lipinski definition) is 2. The predicted molar refractivity (Wildman–Crippen MR) is 93.4 cm³/mol. The topological polar surface area (TPSA) is 72.5 Å². The van der Waals surface area contributed by atoms with Crippen LogP contribution in [0.15, 0.2) is 42.6 Å². The Bertz CT molecular complexity index is 644. The molecule has 0 bridgehead atoms. The fourth-order valence-electron chi connectivity index (χ4n) is 2.11. The number of aromatic nitrogens is 1. The highest BCUT2D eigenvalue weighted by atomic mass is 16.5. The van der Waals surface area contributed by atoms with Gasteiger partial charge in [0.1, 0.15) is 5.75 Å². The summed E-state index contributed by atoms with van der Waals surface area (Å²) in [4.78, 5) is 16.0. The van der Waals surface area contributed by atoms with Gasteiger partial charge in [-0.25, -0.2) is 4.98 Å². The Balaban J connectivity index is 1.70. The molecule has 0 saturated carbocycles. The Morgan fingerprint density at radius 3 is 2.71 bits per heavy atom. The number of benzene rings is 1. The molecule has 0 aliphatic carbocycles. The van der Waals surface area contributed by atoms with E-state index in [0.29, 0.717) is 32.0 Å². The van der Waals surface area contributed by atoms with Crippen LogP contribution in [0, 0.1) is 0 Å². The fourth-order valence-corrected chi connectivity index (χ4v) is 2.11. The molecule has 2 N–H and O–H groups in total. The van der Waals surface area contributed by atoms with Gasteiger partial charge >= 0.3 is 0 Å². The summed E-state index contributed by atoms with van der Waals surface area (Å²) in [6, 6.07) is 11.3. The maximum Gasteiger partial charge on any atom is 0.222 e. The number of methoxy groups -OCH3 is 1. The van der Waals surface area contributed by atoms with E-state index in [2.05, 4.69) is 15.6 Å². The smallest absolute Gasteiger partial charge is 0.222 e. The Hall–Kier alpha value is -2.76. The zero-order valence-corrected chi connectivity index (χ0v) is 14.0. The van der Waals surface area contributed by atoms with E-state index in [4.69, 9.17) is 9.47 Å². The molecule has 1 amide bonds. The van der Waals surface area contributed by atoms with Crippen molar-refractivity contribution in [1.29, 1.82) is 0 Å². The van der Waals surface area contributed by atoms with Crippen LogP contribution in [0.2, 0.25) is 0 Å². The molecule has 0 spiro atoms. The molecule has 0 aliphatic heterocycles. The van der Waals surface area contributed by atoms with E-state index >= 15 is 0 Å². The average Bonchev–Trinajstić information content (AvgIpc) is 2.61. The van der Waals surface area contributed by atoms with Crippen molar-refractivity contribution in [3.05, 3.63) is 48.2 Å². The Morgan fingerprint density at radius 1 is 1.21 bits per heavy atom. The van der Waals surface area contributed by atoms with Crippen LogP contribution >= 0.6 is 0 Å². The molecule has 0 unspecified atom stereocenters. The molecule has 0 atom stereocenters. The van der Waals surface area contributed by atoms with Crippen molar-refractivity contribution in [2.45, 2.75) is 19.9 Å². The quantitative estimate of drug-likeness (QED) is 0.740. The first-order valence-electron chi connectivity index (χ1n) is 7.93. The molecule has 2 rings (SSSR count). The number of rotatable bonds is 9. The molecule has 6 heteroatoms. The lowest BCUT2D eigenvalue weighted by molar-refractivity contribution is -0.121. The van der Waals surface area contributed by atoms with Crippen molar-refractivity contribution in [3.8, 4) is 11.6 Å². The number of anilines is 1. The summed E-state index contributed by atoms with van der Waals surface area (Å²) in [7, 11) is 1.63. The maximum atomic E-state index is 11.9. The van der Waals surface area contributed by atoms with E-state index in [-0.39, 0.29) is 5.91 Å². The second-order valence-electron chi connectivity index (χ2n) is 5.12. The molecule has 2 aromatic rings. The SMILES string of the molecule is CCOc1cc(CNC(=O)CCNc2ccc(OC)cc2)ccn1. The maximum absolute atomic E-state index is 11.9. The van der Waals surface area contributed by atoms with Gasteiger partial charge in [0.25, 0.3) is 0 Å². The van der Waals surface area contributed by atoms with Gasteiger partial charge in [-0.05, 0) is 42.8 Å². The van der Waals surface area contributed by atoms with E-state index in [9.17, 15) is 4.79 Å². The highest BCUT2D eigenvalue weighted by Crippen LogP contribution is 2.14. The zero-order chi connectivity index (χ0) is 17.2. The number of nitrogens with zero attached hydrogens (tertiary/aromatic N) is 1. The number of pyridine rings is 1. The van der Waals surface area contributed by atoms with Gasteiger partial charge in [-0.15, -0.1) is 0 Å². The first-order chi connectivity index (χ1) is 11.7. The van der Waals surface area contributed by atoms with Gasteiger partial charge in [-0.1, -0.05) is 0 Å². The largest absolute Gasteiger partial charge is 0.497 e. The Kier molecular flexibility index (Phi) is 6.89. The van der Waals surface area contributed by atoms with Crippen LogP contribution in [0.1, 0.15) is 18.9 Å². The molecular weight excluding hydrogens is 306 g/mol. The molecule has 0 radical (unpaired) electrons. The second-order valence-corrected chi connectivity index (χ2v) is 5.12.